The van der Waals surface area contributed by atoms with Crippen molar-refractivity contribution in [2.75, 3.05) is 6.54 Å². The van der Waals surface area contributed by atoms with E-state index in [0.717, 1.165) is 11.1 Å². The van der Waals surface area contributed by atoms with Gasteiger partial charge in [0.15, 0.2) is 0 Å². The quantitative estimate of drug-likeness (QED) is 0.849. The molecule has 2 aromatic carbocycles. The van der Waals surface area contributed by atoms with Crippen LogP contribution in [0.25, 0.3) is 0 Å². The molecule has 0 aromatic heterocycles. The Kier molecular flexibility index (Phi) is 4.65. The number of amides is 2. The van der Waals surface area contributed by atoms with Crippen LogP contribution in [0.5, 0.6) is 0 Å². The Labute approximate surface area is 142 Å². The van der Waals surface area contributed by atoms with Crippen LogP contribution in [0.2, 0.25) is 0 Å². The first kappa shape index (κ1) is 16.2. The first-order valence-electron chi connectivity index (χ1n) is 8.33. The van der Waals surface area contributed by atoms with E-state index in [1.807, 2.05) is 68.4 Å². The van der Waals surface area contributed by atoms with Crippen LogP contribution >= 0.6 is 0 Å². The maximum absolute atomic E-state index is 12.9. The van der Waals surface area contributed by atoms with Gasteiger partial charge in [0.25, 0.3) is 5.91 Å². The summed E-state index contributed by atoms with van der Waals surface area (Å²) < 4.78 is 0. The molecule has 0 radical (unpaired) electrons. The first-order chi connectivity index (χ1) is 11.6. The zero-order valence-corrected chi connectivity index (χ0v) is 14.1. The number of hydrogen-bond acceptors (Lipinski definition) is 2. The molecule has 1 unspecified atom stereocenters. The monoisotopic (exact) mass is 322 g/mol. The van der Waals surface area contributed by atoms with E-state index in [9.17, 15) is 9.59 Å². The molecule has 124 valence electrons. The highest BCUT2D eigenvalue weighted by molar-refractivity contribution is 6.01. The second-order valence-electron chi connectivity index (χ2n) is 6.10. The van der Waals surface area contributed by atoms with Crippen LogP contribution in [0.4, 0.5) is 0 Å². The van der Waals surface area contributed by atoms with Crippen LogP contribution in [0.3, 0.4) is 0 Å². The third kappa shape index (κ3) is 3.04. The van der Waals surface area contributed by atoms with Gasteiger partial charge < -0.3 is 9.80 Å². The predicted molar refractivity (Wildman–Crippen MR) is 93.3 cm³/mol. The zero-order chi connectivity index (χ0) is 17.1. The minimum atomic E-state index is -0.464. The third-order valence-corrected chi connectivity index (χ3v) is 4.58. The Bertz CT molecular complexity index is 742. The normalized spacial score (nSPS) is 14.4. The highest BCUT2D eigenvalue weighted by atomic mass is 16.2. The summed E-state index contributed by atoms with van der Waals surface area (Å²) in [6.07, 6.45) is 0. The van der Waals surface area contributed by atoms with E-state index in [2.05, 4.69) is 0 Å². The van der Waals surface area contributed by atoms with Gasteiger partial charge in [0, 0.05) is 25.2 Å². The summed E-state index contributed by atoms with van der Waals surface area (Å²) in [5, 5.41) is 0. The molecule has 2 aromatic rings. The van der Waals surface area contributed by atoms with Crippen LogP contribution in [0.1, 0.15) is 35.3 Å². The van der Waals surface area contributed by atoms with Gasteiger partial charge in [-0.3, -0.25) is 9.59 Å². The van der Waals surface area contributed by atoms with Gasteiger partial charge in [0.05, 0.1) is 0 Å². The second kappa shape index (κ2) is 6.87. The molecular weight excluding hydrogens is 300 g/mol. The Morgan fingerprint density at radius 2 is 1.79 bits per heavy atom. The topological polar surface area (TPSA) is 40.6 Å². The number of fused-ring (bicyclic) bond motifs is 1. The van der Waals surface area contributed by atoms with Crippen molar-refractivity contribution in [2.45, 2.75) is 33.0 Å². The molecule has 1 aliphatic rings. The Morgan fingerprint density at radius 3 is 2.46 bits per heavy atom. The van der Waals surface area contributed by atoms with E-state index in [1.165, 1.54) is 0 Å². The Hall–Kier alpha value is -2.62. The van der Waals surface area contributed by atoms with Gasteiger partial charge in [-0.15, -0.1) is 0 Å². The summed E-state index contributed by atoms with van der Waals surface area (Å²) in [5.74, 6) is -0.0651. The van der Waals surface area contributed by atoms with Crippen LogP contribution < -0.4 is 0 Å². The van der Waals surface area contributed by atoms with Gasteiger partial charge in [0.2, 0.25) is 5.91 Å². The third-order valence-electron chi connectivity index (χ3n) is 4.58. The molecular formula is C20H22N2O2. The molecule has 0 bridgehead atoms. The lowest BCUT2D eigenvalue weighted by Crippen LogP contribution is -2.47. The number of likely N-dealkylation sites (N-methyl/N-ethyl adjacent to an activating group) is 1. The van der Waals surface area contributed by atoms with E-state index in [0.29, 0.717) is 25.2 Å². The number of benzene rings is 2. The number of rotatable bonds is 5. The molecule has 0 spiro atoms. The van der Waals surface area contributed by atoms with E-state index in [1.54, 1.807) is 9.80 Å². The molecule has 24 heavy (non-hydrogen) atoms. The maximum atomic E-state index is 12.9. The fraction of sp³-hybridized carbons (Fsp3) is 0.300. The van der Waals surface area contributed by atoms with Gasteiger partial charge >= 0.3 is 0 Å². The molecule has 0 aliphatic carbocycles. The van der Waals surface area contributed by atoms with Crippen molar-refractivity contribution in [3.63, 3.8) is 0 Å². The molecule has 4 nitrogen and oxygen atoms in total. The molecule has 0 saturated carbocycles. The van der Waals surface area contributed by atoms with Gasteiger partial charge in [-0.25, -0.2) is 0 Å². The molecule has 0 fully saturated rings. The molecule has 2 amide bonds. The minimum absolute atomic E-state index is 0.0116. The standard InChI is InChI=1S/C20H22N2O2/c1-3-21(13-16-9-5-4-6-10-16)19(23)15(2)22-14-17-11-7-8-12-18(17)20(22)24/h4-12,15H,3,13-14H2,1-2H3. The summed E-state index contributed by atoms with van der Waals surface area (Å²) in [6.45, 7) is 5.47. The molecule has 1 aliphatic heterocycles. The lowest BCUT2D eigenvalue weighted by molar-refractivity contribution is -0.136. The van der Waals surface area contributed by atoms with Gasteiger partial charge in [0.1, 0.15) is 6.04 Å². The number of nitrogens with zero attached hydrogens (tertiary/aromatic N) is 2. The second-order valence-corrected chi connectivity index (χ2v) is 6.10. The fourth-order valence-corrected chi connectivity index (χ4v) is 3.14. The predicted octanol–water partition coefficient (Wildman–Crippen LogP) is 3.08. The SMILES string of the molecule is CCN(Cc1ccccc1)C(=O)C(C)N1Cc2ccccc2C1=O. The highest BCUT2D eigenvalue weighted by Gasteiger charge is 2.35. The van der Waals surface area contributed by atoms with E-state index >= 15 is 0 Å². The number of carbonyl (C=O) groups excluding carboxylic acids is 2. The Morgan fingerprint density at radius 1 is 1.12 bits per heavy atom. The smallest absolute Gasteiger partial charge is 0.255 e. The number of carbonyl (C=O) groups is 2. The Balaban J connectivity index is 1.73. The van der Waals surface area contributed by atoms with Crippen LogP contribution in [-0.4, -0.2) is 34.2 Å². The fourth-order valence-electron chi connectivity index (χ4n) is 3.14. The molecule has 0 N–H and O–H groups in total. The van der Waals surface area contributed by atoms with Gasteiger partial charge in [-0.05, 0) is 31.0 Å². The van der Waals surface area contributed by atoms with Crippen molar-refractivity contribution in [2.24, 2.45) is 0 Å². The molecule has 3 rings (SSSR count). The molecule has 4 heteroatoms. The zero-order valence-electron chi connectivity index (χ0n) is 14.1. The molecule has 0 saturated heterocycles. The van der Waals surface area contributed by atoms with E-state index in [-0.39, 0.29) is 11.8 Å². The number of hydrogen-bond donors (Lipinski definition) is 0. The summed E-state index contributed by atoms with van der Waals surface area (Å²) in [6, 6.07) is 17.0. The highest BCUT2D eigenvalue weighted by Crippen LogP contribution is 2.25. The average Bonchev–Trinajstić information content (AvgIpc) is 2.96. The largest absolute Gasteiger partial charge is 0.337 e. The lowest BCUT2D eigenvalue weighted by atomic mass is 10.1. The van der Waals surface area contributed by atoms with Gasteiger partial charge in [-0.1, -0.05) is 48.5 Å². The minimum Gasteiger partial charge on any atom is -0.337 e. The molecule has 1 atom stereocenters. The van der Waals surface area contributed by atoms with Gasteiger partial charge in [-0.2, -0.15) is 0 Å². The summed E-state index contributed by atoms with van der Waals surface area (Å²) >= 11 is 0. The van der Waals surface area contributed by atoms with Crippen molar-refractivity contribution >= 4 is 11.8 Å². The summed E-state index contributed by atoms with van der Waals surface area (Å²) in [5.41, 5.74) is 2.80. The summed E-state index contributed by atoms with van der Waals surface area (Å²) in [7, 11) is 0. The van der Waals surface area contributed by atoms with Crippen molar-refractivity contribution in [3.05, 3.63) is 71.3 Å². The average molecular weight is 322 g/mol. The first-order valence-corrected chi connectivity index (χ1v) is 8.33. The van der Waals surface area contributed by atoms with Crippen molar-refractivity contribution in [1.82, 2.24) is 9.80 Å². The van der Waals surface area contributed by atoms with Crippen LogP contribution in [0, 0.1) is 0 Å². The maximum Gasteiger partial charge on any atom is 0.255 e. The van der Waals surface area contributed by atoms with Crippen molar-refractivity contribution in [3.8, 4) is 0 Å². The lowest BCUT2D eigenvalue weighted by Gasteiger charge is -2.29. The molecule has 1 heterocycles. The van der Waals surface area contributed by atoms with E-state index in [4.69, 9.17) is 0 Å². The van der Waals surface area contributed by atoms with Crippen molar-refractivity contribution in [1.29, 1.82) is 0 Å². The van der Waals surface area contributed by atoms with E-state index < -0.39 is 6.04 Å². The van der Waals surface area contributed by atoms with Crippen molar-refractivity contribution < 1.29 is 9.59 Å². The van der Waals surface area contributed by atoms with Crippen LogP contribution in [-0.2, 0) is 17.9 Å². The van der Waals surface area contributed by atoms with Crippen LogP contribution in [0.15, 0.2) is 54.6 Å². The summed E-state index contributed by atoms with van der Waals surface area (Å²) in [4.78, 5) is 28.9.